The summed E-state index contributed by atoms with van der Waals surface area (Å²) < 4.78 is 22.6. The van der Waals surface area contributed by atoms with E-state index in [2.05, 4.69) is 41.5 Å². The normalized spacial score (nSPS) is 40.4. The number of ether oxygens (including phenoxy) is 4. The summed E-state index contributed by atoms with van der Waals surface area (Å²) in [6.07, 6.45) is 12.5. The van der Waals surface area contributed by atoms with Crippen LogP contribution in [0.15, 0.2) is 29.9 Å². The number of esters is 1. The van der Waals surface area contributed by atoms with Crippen LogP contribution in [0.5, 0.6) is 17.2 Å². The average Bonchev–Trinajstić information content (AvgIpc) is 3.06. The molecule has 1 N–H and O–H groups in total. The zero-order valence-electron chi connectivity index (χ0n) is 31.9. The summed E-state index contributed by atoms with van der Waals surface area (Å²) >= 11 is 0. The molecule has 4 saturated carbocycles. The highest BCUT2D eigenvalue weighted by atomic mass is 16.5. The maximum Gasteiger partial charge on any atom is 0.331 e. The number of aliphatic carboxylic acids is 1. The molecule has 50 heavy (non-hydrogen) atoms. The van der Waals surface area contributed by atoms with Crippen molar-refractivity contribution in [1.29, 1.82) is 0 Å². The number of carboxylic acids is 1. The van der Waals surface area contributed by atoms with Crippen LogP contribution in [0.3, 0.4) is 0 Å². The van der Waals surface area contributed by atoms with Gasteiger partial charge in [0, 0.05) is 17.4 Å². The molecular formula is C42H58O8. The molecule has 0 bridgehead atoms. The molecule has 5 aliphatic carbocycles. The number of rotatable bonds is 7. The van der Waals surface area contributed by atoms with Crippen LogP contribution in [0.4, 0.5) is 0 Å². The number of benzene rings is 1. The average molecular weight is 691 g/mol. The van der Waals surface area contributed by atoms with E-state index in [4.69, 9.17) is 18.9 Å². The Morgan fingerprint density at radius 3 is 2.08 bits per heavy atom. The summed E-state index contributed by atoms with van der Waals surface area (Å²) in [6, 6.07) is 3.57. The number of methoxy groups -OCH3 is 3. The molecule has 0 unspecified atom stereocenters. The van der Waals surface area contributed by atoms with Crippen molar-refractivity contribution < 1.29 is 38.4 Å². The highest BCUT2D eigenvalue weighted by Crippen LogP contribution is 2.75. The fourth-order valence-corrected chi connectivity index (χ4v) is 12.1. The molecule has 5 aliphatic rings. The van der Waals surface area contributed by atoms with Crippen molar-refractivity contribution >= 4 is 23.8 Å². The minimum atomic E-state index is -0.767. The van der Waals surface area contributed by atoms with E-state index < -0.39 is 17.4 Å². The van der Waals surface area contributed by atoms with E-state index in [0.29, 0.717) is 36.5 Å². The van der Waals surface area contributed by atoms with Crippen molar-refractivity contribution in [3.8, 4) is 17.2 Å². The Kier molecular flexibility index (Phi) is 8.87. The molecule has 8 nitrogen and oxygen atoms in total. The molecule has 9 atom stereocenters. The van der Waals surface area contributed by atoms with Crippen LogP contribution in [-0.2, 0) is 19.1 Å². The van der Waals surface area contributed by atoms with Gasteiger partial charge in [-0.1, -0.05) is 47.1 Å². The second kappa shape index (κ2) is 12.2. The van der Waals surface area contributed by atoms with E-state index >= 15 is 0 Å². The summed E-state index contributed by atoms with van der Waals surface area (Å²) in [4.78, 5) is 40.4. The molecule has 0 radical (unpaired) electrons. The van der Waals surface area contributed by atoms with Crippen LogP contribution in [0.1, 0.15) is 112 Å². The Labute approximate surface area is 298 Å². The first-order valence-corrected chi connectivity index (χ1v) is 18.5. The molecular weight excluding hydrogens is 632 g/mol. The Balaban J connectivity index is 1.25. The molecule has 0 saturated heterocycles. The van der Waals surface area contributed by atoms with Crippen LogP contribution in [0, 0.1) is 50.2 Å². The van der Waals surface area contributed by atoms with Gasteiger partial charge in [-0.2, -0.15) is 0 Å². The minimum Gasteiger partial charge on any atom is -0.493 e. The Morgan fingerprint density at radius 1 is 0.840 bits per heavy atom. The standard InChI is InChI=1S/C42H58O8/c1-37(2)31-13-16-42(7)35(28(43)23-26-27-24-39(4,36(45)46)18-17-38(27,3)19-20-41(26,42)6)40(31,5)15-14-32(37)50-33(44)12-11-25-21-29(47-8)34(49-10)30(22-25)48-9/h11-12,21-23,27,31-32,35H,13-20,24H2,1-10H3,(H,45,46)/b12-11+/t27-,31+,32+,35-,38-,39+,40+,41-,42-/m1/s1. The smallest absolute Gasteiger partial charge is 0.331 e. The molecule has 274 valence electrons. The van der Waals surface area contributed by atoms with Gasteiger partial charge in [0.1, 0.15) is 6.10 Å². The third-order valence-corrected chi connectivity index (χ3v) is 15.4. The van der Waals surface area contributed by atoms with Crippen LogP contribution >= 0.6 is 0 Å². The van der Waals surface area contributed by atoms with E-state index in [9.17, 15) is 19.5 Å². The lowest BCUT2D eigenvalue weighted by Gasteiger charge is -2.70. The summed E-state index contributed by atoms with van der Waals surface area (Å²) in [5.74, 6) is 0.747. The first-order chi connectivity index (χ1) is 23.3. The van der Waals surface area contributed by atoms with Gasteiger partial charge in [0.05, 0.1) is 26.7 Å². The van der Waals surface area contributed by atoms with Crippen molar-refractivity contribution in [3.63, 3.8) is 0 Å². The van der Waals surface area contributed by atoms with Gasteiger partial charge in [-0.25, -0.2) is 4.79 Å². The van der Waals surface area contributed by atoms with Gasteiger partial charge >= 0.3 is 11.9 Å². The highest BCUT2D eigenvalue weighted by Gasteiger charge is 2.70. The SMILES string of the molecule is COc1cc(/C=C/C(=O)O[C@H]2CC[C@]3(C)[C@H]4C(=O)C=C5[C@H]6C[C@@](C)(C(=O)O)CC[C@]6(C)CC[C@@]5(C)[C@]4(C)CC[C@H]3C2(C)C)cc(OC)c1OC. The molecule has 1 aromatic carbocycles. The van der Waals surface area contributed by atoms with Gasteiger partial charge in [-0.15, -0.1) is 0 Å². The van der Waals surface area contributed by atoms with Crippen LogP contribution in [0.25, 0.3) is 6.08 Å². The molecule has 0 spiro atoms. The molecule has 0 heterocycles. The Hall–Kier alpha value is -3.29. The number of hydrogen-bond donors (Lipinski definition) is 1. The molecule has 8 heteroatoms. The van der Waals surface area contributed by atoms with Gasteiger partial charge in [0.15, 0.2) is 17.3 Å². The third-order valence-electron chi connectivity index (χ3n) is 15.4. The quantitative estimate of drug-likeness (QED) is 0.224. The van der Waals surface area contributed by atoms with Gasteiger partial charge in [-0.05, 0) is 128 Å². The minimum absolute atomic E-state index is 0.0226. The van der Waals surface area contributed by atoms with Gasteiger partial charge in [-0.3, -0.25) is 9.59 Å². The highest BCUT2D eigenvalue weighted by molar-refractivity contribution is 5.96. The Morgan fingerprint density at radius 2 is 1.48 bits per heavy atom. The number of carbonyl (C=O) groups is 3. The number of carbonyl (C=O) groups excluding carboxylic acids is 2. The second-order valence-electron chi connectivity index (χ2n) is 18.1. The maximum absolute atomic E-state index is 14.7. The van der Waals surface area contributed by atoms with E-state index in [0.717, 1.165) is 44.1 Å². The molecule has 0 amide bonds. The zero-order valence-corrected chi connectivity index (χ0v) is 31.9. The second-order valence-corrected chi connectivity index (χ2v) is 18.1. The monoisotopic (exact) mass is 690 g/mol. The van der Waals surface area contributed by atoms with Crippen LogP contribution < -0.4 is 14.2 Å². The van der Waals surface area contributed by atoms with Gasteiger partial charge in [0.2, 0.25) is 5.75 Å². The van der Waals surface area contributed by atoms with Crippen molar-refractivity contribution in [1.82, 2.24) is 0 Å². The topological polar surface area (TPSA) is 108 Å². The first-order valence-electron chi connectivity index (χ1n) is 18.5. The van der Waals surface area contributed by atoms with E-state index in [1.807, 2.05) is 13.0 Å². The van der Waals surface area contributed by atoms with E-state index in [-0.39, 0.29) is 56.7 Å². The van der Waals surface area contributed by atoms with Gasteiger partial charge in [0.25, 0.3) is 0 Å². The summed E-state index contributed by atoms with van der Waals surface area (Å²) in [7, 11) is 4.66. The van der Waals surface area contributed by atoms with Crippen molar-refractivity contribution in [3.05, 3.63) is 35.4 Å². The molecule has 0 aromatic heterocycles. The molecule has 6 rings (SSSR count). The van der Waals surface area contributed by atoms with Crippen LogP contribution in [-0.4, -0.2) is 50.3 Å². The maximum atomic E-state index is 14.7. The Bertz CT molecular complexity index is 1610. The summed E-state index contributed by atoms with van der Waals surface area (Å²) in [5.41, 5.74) is 0.200. The number of fused-ring (bicyclic) bond motifs is 7. The summed E-state index contributed by atoms with van der Waals surface area (Å²) in [6.45, 7) is 15.8. The fourth-order valence-electron chi connectivity index (χ4n) is 12.1. The largest absolute Gasteiger partial charge is 0.493 e. The van der Waals surface area contributed by atoms with Crippen molar-refractivity contribution in [2.75, 3.05) is 21.3 Å². The lowest BCUT2D eigenvalue weighted by atomic mass is 9.33. The molecule has 0 aliphatic heterocycles. The van der Waals surface area contributed by atoms with Crippen molar-refractivity contribution in [2.45, 2.75) is 112 Å². The van der Waals surface area contributed by atoms with Gasteiger partial charge < -0.3 is 24.1 Å². The predicted molar refractivity (Wildman–Crippen MR) is 192 cm³/mol. The number of carboxylic acid groups (broad SMARTS) is 1. The summed E-state index contributed by atoms with van der Waals surface area (Å²) in [5, 5.41) is 10.2. The third kappa shape index (κ3) is 5.24. The number of ketones is 1. The van der Waals surface area contributed by atoms with Crippen molar-refractivity contribution in [2.24, 2.45) is 50.2 Å². The van der Waals surface area contributed by atoms with Crippen LogP contribution in [0.2, 0.25) is 0 Å². The number of allylic oxidation sites excluding steroid dienone is 2. The fraction of sp³-hybridized carbons (Fsp3) is 0.690. The molecule has 1 aromatic rings. The lowest BCUT2D eigenvalue weighted by Crippen LogP contribution is -2.66. The first kappa shape index (κ1) is 36.5. The van der Waals surface area contributed by atoms with E-state index in [1.165, 1.54) is 11.6 Å². The lowest BCUT2D eigenvalue weighted by molar-refractivity contribution is -0.209. The zero-order chi connectivity index (χ0) is 36.7. The predicted octanol–water partition coefficient (Wildman–Crippen LogP) is 8.70. The van der Waals surface area contributed by atoms with E-state index in [1.54, 1.807) is 39.5 Å². The molecule has 4 fully saturated rings. The number of hydrogen-bond acceptors (Lipinski definition) is 7.